The summed E-state index contributed by atoms with van der Waals surface area (Å²) in [5.41, 5.74) is 2.62. The molecule has 1 rings (SSSR count). The Hall–Kier alpha value is -0.910. The number of hydrogen-bond donors (Lipinski definition) is 0. The Morgan fingerprint density at radius 3 is 2.80 bits per heavy atom. The summed E-state index contributed by atoms with van der Waals surface area (Å²) in [6.07, 6.45) is 12.5. The van der Waals surface area contributed by atoms with Crippen LogP contribution in [0.1, 0.15) is 13.8 Å². The minimum atomic E-state index is 1.28. The van der Waals surface area contributed by atoms with Gasteiger partial charge in [-0.1, -0.05) is 5.57 Å². The van der Waals surface area contributed by atoms with Crippen LogP contribution in [-0.4, -0.2) is 0 Å². The minimum absolute atomic E-state index is 1.28. The summed E-state index contributed by atoms with van der Waals surface area (Å²) in [6.45, 7) is 4.21. The molecule has 1 aliphatic rings. The molecule has 0 aromatic carbocycles. The monoisotopic (exact) mass is 132 g/mol. The van der Waals surface area contributed by atoms with Gasteiger partial charge in [-0.15, -0.1) is 0 Å². The van der Waals surface area contributed by atoms with E-state index < -0.39 is 0 Å². The summed E-state index contributed by atoms with van der Waals surface area (Å²) < 4.78 is 0. The van der Waals surface area contributed by atoms with Crippen LogP contribution in [0.5, 0.6) is 0 Å². The Kier molecular flexibility index (Phi) is 2.38. The molecular weight excluding hydrogens is 120 g/mol. The van der Waals surface area contributed by atoms with Gasteiger partial charge >= 0.3 is 0 Å². The average Bonchev–Trinajstić information content (AvgIpc) is 1.88. The number of hydrogen-bond acceptors (Lipinski definition) is 0. The van der Waals surface area contributed by atoms with Crippen LogP contribution in [0.25, 0.3) is 0 Å². The molecule has 0 amide bonds. The van der Waals surface area contributed by atoms with Gasteiger partial charge in [0, 0.05) is 0 Å². The van der Waals surface area contributed by atoms with Crippen molar-refractivity contribution in [3.8, 4) is 0 Å². The van der Waals surface area contributed by atoms with Gasteiger partial charge in [0.15, 0.2) is 0 Å². The van der Waals surface area contributed by atoms with Crippen molar-refractivity contribution in [2.45, 2.75) is 13.8 Å². The van der Waals surface area contributed by atoms with Crippen LogP contribution in [0.3, 0.4) is 0 Å². The SMILES string of the molecule is CC(C)=CC1=C[CH][CH+]C=C1. The first-order chi connectivity index (χ1) is 4.79. The van der Waals surface area contributed by atoms with E-state index in [1.165, 1.54) is 11.1 Å². The standard InChI is InChI=1S/C10H12/c1-9(2)8-10-6-4-3-5-7-10/h3-8H,1-2H3/q+1. The van der Waals surface area contributed by atoms with Crippen molar-refractivity contribution in [2.24, 2.45) is 0 Å². The van der Waals surface area contributed by atoms with Crippen molar-refractivity contribution in [3.05, 3.63) is 48.3 Å². The normalized spacial score (nSPS) is 15.6. The molecule has 0 saturated heterocycles. The topological polar surface area (TPSA) is 0 Å². The molecule has 0 saturated carbocycles. The molecule has 0 aromatic heterocycles. The molecule has 10 heavy (non-hydrogen) atoms. The molecule has 0 heterocycles. The predicted octanol–water partition coefficient (Wildman–Crippen LogP) is 2.86. The summed E-state index contributed by atoms with van der Waals surface area (Å²) in [5, 5.41) is 0. The molecule has 0 unspecified atom stereocenters. The fourth-order valence-corrected chi connectivity index (χ4v) is 0.883. The maximum absolute atomic E-state index is 2.17. The third kappa shape index (κ3) is 2.14. The van der Waals surface area contributed by atoms with E-state index >= 15 is 0 Å². The van der Waals surface area contributed by atoms with E-state index in [4.69, 9.17) is 0 Å². The van der Waals surface area contributed by atoms with Crippen LogP contribution in [0.4, 0.5) is 0 Å². The maximum Gasteiger partial charge on any atom is 0.0953 e. The maximum atomic E-state index is 2.17. The van der Waals surface area contributed by atoms with Crippen molar-refractivity contribution in [1.82, 2.24) is 0 Å². The van der Waals surface area contributed by atoms with Gasteiger partial charge in [0.05, 0.1) is 30.6 Å². The molecule has 51 valence electrons. The van der Waals surface area contributed by atoms with Crippen LogP contribution in [0.15, 0.2) is 35.5 Å². The average molecular weight is 132 g/mol. The van der Waals surface area contributed by atoms with Crippen molar-refractivity contribution < 1.29 is 0 Å². The van der Waals surface area contributed by atoms with E-state index in [9.17, 15) is 0 Å². The predicted molar refractivity (Wildman–Crippen MR) is 45.3 cm³/mol. The zero-order valence-electron chi connectivity index (χ0n) is 6.46. The van der Waals surface area contributed by atoms with Crippen LogP contribution in [-0.2, 0) is 0 Å². The first-order valence-electron chi connectivity index (χ1n) is 3.49. The largest absolute Gasteiger partial charge is 0.0953 e. The van der Waals surface area contributed by atoms with Gasteiger partial charge in [-0.05, 0) is 26.0 Å². The van der Waals surface area contributed by atoms with Crippen molar-refractivity contribution in [3.63, 3.8) is 0 Å². The minimum Gasteiger partial charge on any atom is -0.0740 e. The van der Waals surface area contributed by atoms with Crippen LogP contribution >= 0.6 is 0 Å². The van der Waals surface area contributed by atoms with Gasteiger partial charge in [0.25, 0.3) is 0 Å². The molecule has 1 aliphatic carbocycles. The van der Waals surface area contributed by atoms with Crippen molar-refractivity contribution in [2.75, 3.05) is 0 Å². The smallest absolute Gasteiger partial charge is 0.0740 e. The molecule has 0 bridgehead atoms. The highest BCUT2D eigenvalue weighted by Gasteiger charge is 2.00. The molecular formula is C10H12+. The lowest BCUT2D eigenvalue weighted by Gasteiger charge is -1.93. The molecule has 0 nitrogen and oxygen atoms in total. The van der Waals surface area contributed by atoms with Crippen molar-refractivity contribution in [1.29, 1.82) is 0 Å². The second kappa shape index (κ2) is 3.31. The van der Waals surface area contributed by atoms with Gasteiger partial charge < -0.3 is 0 Å². The summed E-state index contributed by atoms with van der Waals surface area (Å²) >= 11 is 0. The van der Waals surface area contributed by atoms with Crippen LogP contribution < -0.4 is 0 Å². The van der Waals surface area contributed by atoms with E-state index in [2.05, 4.69) is 44.6 Å². The Morgan fingerprint density at radius 1 is 1.50 bits per heavy atom. The van der Waals surface area contributed by atoms with E-state index in [-0.39, 0.29) is 0 Å². The molecule has 0 N–H and O–H groups in total. The lowest BCUT2D eigenvalue weighted by atomic mass is 10.1. The van der Waals surface area contributed by atoms with Crippen LogP contribution in [0, 0.1) is 12.8 Å². The van der Waals surface area contributed by atoms with Gasteiger partial charge in [-0.2, -0.15) is 0 Å². The third-order valence-electron chi connectivity index (χ3n) is 1.25. The van der Waals surface area contributed by atoms with Crippen molar-refractivity contribution >= 4 is 0 Å². The Balaban J connectivity index is 2.64. The van der Waals surface area contributed by atoms with Gasteiger partial charge in [-0.25, -0.2) is 0 Å². The number of rotatable bonds is 1. The van der Waals surface area contributed by atoms with Crippen LogP contribution in [0.2, 0.25) is 0 Å². The molecule has 0 fully saturated rings. The zero-order chi connectivity index (χ0) is 7.40. The second-order valence-electron chi connectivity index (χ2n) is 2.63. The fraction of sp³-hybridized carbons (Fsp3) is 0.200. The first-order valence-corrected chi connectivity index (χ1v) is 3.49. The quantitative estimate of drug-likeness (QED) is 0.481. The highest BCUT2D eigenvalue weighted by atomic mass is 14.0. The summed E-state index contributed by atoms with van der Waals surface area (Å²) in [5.74, 6) is 0. The Bertz CT molecular complexity index is 188. The lowest BCUT2D eigenvalue weighted by molar-refractivity contribution is 1.36. The molecule has 0 atom stereocenters. The molecule has 0 aromatic rings. The number of allylic oxidation sites excluding steroid dienone is 6. The van der Waals surface area contributed by atoms with E-state index in [1.54, 1.807) is 0 Å². The van der Waals surface area contributed by atoms with E-state index in [0.717, 1.165) is 0 Å². The first kappa shape index (κ1) is 7.20. The van der Waals surface area contributed by atoms with Gasteiger partial charge in [0.1, 0.15) is 0 Å². The molecule has 1 radical (unpaired) electrons. The molecule has 0 spiro atoms. The lowest BCUT2D eigenvalue weighted by Crippen LogP contribution is -1.82. The third-order valence-corrected chi connectivity index (χ3v) is 1.25. The Morgan fingerprint density at radius 2 is 2.30 bits per heavy atom. The highest BCUT2D eigenvalue weighted by Crippen LogP contribution is 2.10. The molecule has 0 heteroatoms. The zero-order valence-corrected chi connectivity index (χ0v) is 6.46. The van der Waals surface area contributed by atoms with Gasteiger partial charge in [-0.3, -0.25) is 0 Å². The summed E-state index contributed by atoms with van der Waals surface area (Å²) in [7, 11) is 0. The van der Waals surface area contributed by atoms with Gasteiger partial charge in [0.2, 0.25) is 0 Å². The Labute approximate surface area is 62.9 Å². The second-order valence-corrected chi connectivity index (χ2v) is 2.63. The fourth-order valence-electron chi connectivity index (χ4n) is 0.883. The molecule has 0 aliphatic heterocycles. The highest BCUT2D eigenvalue weighted by molar-refractivity contribution is 5.40. The van der Waals surface area contributed by atoms with E-state index in [0.29, 0.717) is 0 Å². The summed E-state index contributed by atoms with van der Waals surface area (Å²) in [4.78, 5) is 0. The summed E-state index contributed by atoms with van der Waals surface area (Å²) in [6, 6.07) is 0. The van der Waals surface area contributed by atoms with E-state index in [1.807, 2.05) is 6.42 Å².